The lowest BCUT2D eigenvalue weighted by atomic mass is 10.1. The van der Waals surface area contributed by atoms with E-state index in [0.717, 1.165) is 22.2 Å². The van der Waals surface area contributed by atoms with Crippen LogP contribution < -0.4 is 5.32 Å². The number of aryl methyl sites for hydroxylation is 1. The van der Waals surface area contributed by atoms with E-state index in [1.807, 2.05) is 78.9 Å². The van der Waals surface area contributed by atoms with Crippen LogP contribution in [0.25, 0.3) is 33.9 Å². The first-order valence-corrected chi connectivity index (χ1v) is 9.48. The van der Waals surface area contributed by atoms with Crippen molar-refractivity contribution in [3.63, 3.8) is 0 Å². The standard InChI is InChI=1S/C24H17N3O3/c1-15-21(22(30-27-15)16-7-3-2-4-8-16)23(28)25-18-13-11-17(12-14-18)24-26-19-9-5-6-10-20(19)29-24/h2-14H,1H3,(H,25,28). The average Bonchev–Trinajstić information content (AvgIpc) is 3.38. The molecule has 6 nitrogen and oxygen atoms in total. The Morgan fingerprint density at radius 3 is 2.37 bits per heavy atom. The number of fused-ring (bicyclic) bond motifs is 1. The predicted molar refractivity (Wildman–Crippen MR) is 114 cm³/mol. The number of para-hydroxylation sites is 2. The number of rotatable bonds is 4. The Bertz CT molecular complexity index is 1300. The quantitative estimate of drug-likeness (QED) is 0.421. The predicted octanol–water partition coefficient (Wildman–Crippen LogP) is 5.71. The Balaban J connectivity index is 1.39. The molecule has 2 aromatic heterocycles. The third kappa shape index (κ3) is 3.24. The van der Waals surface area contributed by atoms with Gasteiger partial charge < -0.3 is 14.3 Å². The lowest BCUT2D eigenvalue weighted by Crippen LogP contribution is -2.13. The van der Waals surface area contributed by atoms with Crippen LogP contribution in [0, 0.1) is 6.92 Å². The van der Waals surface area contributed by atoms with Crippen molar-refractivity contribution < 1.29 is 13.7 Å². The van der Waals surface area contributed by atoms with Crippen LogP contribution >= 0.6 is 0 Å². The molecule has 5 rings (SSSR count). The molecule has 0 bridgehead atoms. The average molecular weight is 395 g/mol. The molecule has 6 heteroatoms. The van der Waals surface area contributed by atoms with Gasteiger partial charge in [-0.3, -0.25) is 4.79 Å². The van der Waals surface area contributed by atoms with E-state index in [0.29, 0.717) is 28.6 Å². The van der Waals surface area contributed by atoms with Gasteiger partial charge in [0, 0.05) is 16.8 Å². The molecule has 0 spiro atoms. The number of aromatic nitrogens is 2. The van der Waals surface area contributed by atoms with Gasteiger partial charge in [0.25, 0.3) is 5.91 Å². The van der Waals surface area contributed by atoms with Gasteiger partial charge in [0.05, 0.1) is 5.69 Å². The van der Waals surface area contributed by atoms with Gasteiger partial charge >= 0.3 is 0 Å². The van der Waals surface area contributed by atoms with Crippen LogP contribution in [0.15, 0.2) is 87.8 Å². The lowest BCUT2D eigenvalue weighted by molar-refractivity contribution is 0.102. The van der Waals surface area contributed by atoms with Gasteiger partial charge in [-0.2, -0.15) is 0 Å². The molecule has 5 aromatic rings. The molecule has 0 saturated carbocycles. The fraction of sp³-hybridized carbons (Fsp3) is 0.0417. The number of anilines is 1. The molecule has 0 aliphatic carbocycles. The van der Waals surface area contributed by atoms with Gasteiger partial charge in [-0.05, 0) is 43.3 Å². The second-order valence-electron chi connectivity index (χ2n) is 6.86. The Labute approximate surface area is 172 Å². The number of amides is 1. The number of hydrogen-bond acceptors (Lipinski definition) is 5. The molecule has 146 valence electrons. The van der Waals surface area contributed by atoms with Gasteiger partial charge in [-0.1, -0.05) is 47.6 Å². The maximum Gasteiger partial charge on any atom is 0.261 e. The summed E-state index contributed by atoms with van der Waals surface area (Å²) in [7, 11) is 0. The van der Waals surface area contributed by atoms with E-state index in [1.165, 1.54) is 0 Å². The van der Waals surface area contributed by atoms with Gasteiger partial charge in [-0.15, -0.1) is 0 Å². The largest absolute Gasteiger partial charge is 0.436 e. The number of nitrogens with zero attached hydrogens (tertiary/aromatic N) is 2. The SMILES string of the molecule is Cc1noc(-c2ccccc2)c1C(=O)Nc1ccc(-c2nc3ccccc3o2)cc1. The van der Waals surface area contributed by atoms with E-state index in [-0.39, 0.29) is 5.91 Å². The molecule has 0 fully saturated rings. The molecule has 0 aliphatic heterocycles. The summed E-state index contributed by atoms with van der Waals surface area (Å²) >= 11 is 0. The summed E-state index contributed by atoms with van der Waals surface area (Å²) < 4.78 is 11.2. The zero-order valence-corrected chi connectivity index (χ0v) is 16.1. The fourth-order valence-corrected chi connectivity index (χ4v) is 3.31. The van der Waals surface area contributed by atoms with Gasteiger partial charge in [0.15, 0.2) is 11.3 Å². The Morgan fingerprint density at radius 2 is 1.60 bits per heavy atom. The highest BCUT2D eigenvalue weighted by Crippen LogP contribution is 2.28. The Kier molecular flexibility index (Phi) is 4.37. The molecular formula is C24H17N3O3. The highest BCUT2D eigenvalue weighted by Gasteiger charge is 2.22. The molecule has 1 N–H and O–H groups in total. The van der Waals surface area contributed by atoms with Gasteiger partial charge in [0.2, 0.25) is 5.89 Å². The number of nitrogens with one attached hydrogen (secondary N) is 1. The summed E-state index contributed by atoms with van der Waals surface area (Å²) in [5.41, 5.74) is 4.78. The van der Waals surface area contributed by atoms with Crippen molar-refractivity contribution in [1.82, 2.24) is 10.1 Å². The molecule has 1 amide bonds. The van der Waals surface area contributed by atoms with Crippen molar-refractivity contribution in [2.24, 2.45) is 0 Å². The first-order valence-electron chi connectivity index (χ1n) is 9.48. The van der Waals surface area contributed by atoms with Crippen molar-refractivity contribution in [1.29, 1.82) is 0 Å². The highest BCUT2D eigenvalue weighted by molar-refractivity contribution is 6.08. The third-order valence-electron chi connectivity index (χ3n) is 4.81. The van der Waals surface area contributed by atoms with E-state index in [9.17, 15) is 4.79 Å². The number of benzene rings is 3. The van der Waals surface area contributed by atoms with Crippen LogP contribution in [0.4, 0.5) is 5.69 Å². The molecule has 0 radical (unpaired) electrons. The lowest BCUT2D eigenvalue weighted by Gasteiger charge is -2.06. The zero-order valence-electron chi connectivity index (χ0n) is 16.1. The van der Waals surface area contributed by atoms with Crippen molar-refractivity contribution in [2.45, 2.75) is 6.92 Å². The minimum Gasteiger partial charge on any atom is -0.436 e. The molecule has 0 unspecified atom stereocenters. The molecule has 30 heavy (non-hydrogen) atoms. The molecule has 3 aromatic carbocycles. The molecule has 0 aliphatic rings. The van der Waals surface area contributed by atoms with Gasteiger partial charge in [-0.25, -0.2) is 4.98 Å². The van der Waals surface area contributed by atoms with Crippen LogP contribution in [0.5, 0.6) is 0 Å². The van der Waals surface area contributed by atoms with Crippen molar-refractivity contribution in [3.8, 4) is 22.8 Å². The van der Waals surface area contributed by atoms with E-state index in [2.05, 4.69) is 15.5 Å². The summed E-state index contributed by atoms with van der Waals surface area (Å²) in [5.74, 6) is 0.714. The second-order valence-corrected chi connectivity index (χ2v) is 6.86. The van der Waals surface area contributed by atoms with E-state index < -0.39 is 0 Å². The molecule has 0 saturated heterocycles. The number of carbonyl (C=O) groups excluding carboxylic acids is 1. The first-order chi connectivity index (χ1) is 14.7. The van der Waals surface area contributed by atoms with Gasteiger partial charge in [0.1, 0.15) is 11.1 Å². The summed E-state index contributed by atoms with van der Waals surface area (Å²) in [4.78, 5) is 17.4. The Morgan fingerprint density at radius 1 is 0.867 bits per heavy atom. The highest BCUT2D eigenvalue weighted by atomic mass is 16.5. The van der Waals surface area contributed by atoms with E-state index >= 15 is 0 Å². The third-order valence-corrected chi connectivity index (χ3v) is 4.81. The van der Waals surface area contributed by atoms with Crippen molar-refractivity contribution in [3.05, 3.63) is 90.1 Å². The fourth-order valence-electron chi connectivity index (χ4n) is 3.31. The number of hydrogen-bond donors (Lipinski definition) is 1. The van der Waals surface area contributed by atoms with Crippen molar-refractivity contribution in [2.75, 3.05) is 5.32 Å². The zero-order chi connectivity index (χ0) is 20.5. The summed E-state index contributed by atoms with van der Waals surface area (Å²) in [5, 5.41) is 6.88. The topological polar surface area (TPSA) is 81.2 Å². The summed E-state index contributed by atoms with van der Waals surface area (Å²) in [6.45, 7) is 1.75. The van der Waals surface area contributed by atoms with Crippen LogP contribution in [0.2, 0.25) is 0 Å². The second kappa shape index (κ2) is 7.33. The van der Waals surface area contributed by atoms with Crippen LogP contribution in [0.3, 0.4) is 0 Å². The summed E-state index contributed by atoms with van der Waals surface area (Å²) in [6, 6.07) is 24.4. The van der Waals surface area contributed by atoms with E-state index in [1.54, 1.807) is 6.92 Å². The van der Waals surface area contributed by atoms with Crippen molar-refractivity contribution >= 4 is 22.7 Å². The normalized spacial score (nSPS) is 11.0. The number of oxazole rings is 1. The molecule has 0 atom stereocenters. The monoisotopic (exact) mass is 395 g/mol. The molecule has 2 heterocycles. The van der Waals surface area contributed by atoms with E-state index in [4.69, 9.17) is 8.94 Å². The first kappa shape index (κ1) is 17.9. The minimum atomic E-state index is -0.276. The molecular weight excluding hydrogens is 378 g/mol. The summed E-state index contributed by atoms with van der Waals surface area (Å²) in [6.07, 6.45) is 0. The number of carbonyl (C=O) groups is 1. The Hall–Kier alpha value is -4.19. The minimum absolute atomic E-state index is 0.276. The maximum atomic E-state index is 12.9. The van der Waals surface area contributed by atoms with Crippen LogP contribution in [0.1, 0.15) is 16.1 Å². The maximum absolute atomic E-state index is 12.9. The van der Waals surface area contributed by atoms with Crippen LogP contribution in [-0.2, 0) is 0 Å². The smallest absolute Gasteiger partial charge is 0.261 e. The van der Waals surface area contributed by atoms with Crippen LogP contribution in [-0.4, -0.2) is 16.0 Å².